The lowest BCUT2D eigenvalue weighted by atomic mass is 10.1. The number of aromatic nitrogens is 2. The van der Waals surface area contributed by atoms with Crippen molar-refractivity contribution in [1.82, 2.24) is 15.5 Å². The van der Waals surface area contributed by atoms with Crippen molar-refractivity contribution in [1.29, 1.82) is 0 Å². The molecule has 108 valence electrons. The third kappa shape index (κ3) is 3.49. The second-order valence-electron chi connectivity index (χ2n) is 4.34. The van der Waals surface area contributed by atoms with Gasteiger partial charge in [0.2, 0.25) is 0 Å². The molecule has 0 amide bonds. The van der Waals surface area contributed by atoms with E-state index in [1.807, 2.05) is 6.07 Å². The summed E-state index contributed by atoms with van der Waals surface area (Å²) in [5.41, 5.74) is 1.67. The number of nitrogens with zero attached hydrogens (tertiary/aromatic N) is 1. The number of benzene rings is 1. The minimum Gasteiger partial charge on any atom is -0.497 e. The molecule has 0 fully saturated rings. The second-order valence-corrected chi connectivity index (χ2v) is 4.34. The molecule has 6 heteroatoms. The number of methoxy groups -OCH3 is 2. The molecular weight excluding hydrogens is 258 g/mol. The summed E-state index contributed by atoms with van der Waals surface area (Å²) in [4.78, 5) is 0. The molecule has 1 aromatic carbocycles. The third-order valence-electron chi connectivity index (χ3n) is 3.01. The number of aliphatic hydroxyl groups is 1. The Bertz CT molecular complexity index is 528. The Kier molecular flexibility index (Phi) is 4.97. The van der Waals surface area contributed by atoms with Crippen LogP contribution in [0.4, 0.5) is 0 Å². The van der Waals surface area contributed by atoms with Crippen LogP contribution in [0.25, 0.3) is 0 Å². The summed E-state index contributed by atoms with van der Waals surface area (Å²) in [6, 6.07) is 7.24. The maximum absolute atomic E-state index is 10.3. The van der Waals surface area contributed by atoms with Crippen molar-refractivity contribution in [2.45, 2.75) is 12.6 Å². The standard InChI is InChI=1S/C14H19N3O3/c1-19-11-3-4-14(20-2)12(7-11)13(18)9-15-8-10-5-6-16-17-10/h3-7,13,15,18H,8-9H2,1-2H3,(H,16,17). The van der Waals surface area contributed by atoms with Crippen LogP contribution < -0.4 is 14.8 Å². The van der Waals surface area contributed by atoms with E-state index >= 15 is 0 Å². The molecule has 0 saturated carbocycles. The molecule has 0 bridgehead atoms. The zero-order valence-electron chi connectivity index (χ0n) is 11.6. The number of nitrogens with one attached hydrogen (secondary N) is 2. The molecule has 0 aliphatic carbocycles. The van der Waals surface area contributed by atoms with Gasteiger partial charge in [0.15, 0.2) is 0 Å². The van der Waals surface area contributed by atoms with E-state index in [9.17, 15) is 5.11 Å². The number of aromatic amines is 1. The predicted octanol–water partition coefficient (Wildman–Crippen LogP) is 1.25. The Hall–Kier alpha value is -2.05. The zero-order valence-corrected chi connectivity index (χ0v) is 11.6. The van der Waals surface area contributed by atoms with Crippen LogP contribution in [0, 0.1) is 0 Å². The van der Waals surface area contributed by atoms with Crippen molar-refractivity contribution in [3.8, 4) is 11.5 Å². The van der Waals surface area contributed by atoms with Crippen molar-refractivity contribution < 1.29 is 14.6 Å². The fraction of sp³-hybridized carbons (Fsp3) is 0.357. The van der Waals surface area contributed by atoms with Gasteiger partial charge in [-0.2, -0.15) is 5.10 Å². The molecular formula is C14H19N3O3. The van der Waals surface area contributed by atoms with Gasteiger partial charge in [-0.15, -0.1) is 0 Å². The Morgan fingerprint density at radius 3 is 2.80 bits per heavy atom. The van der Waals surface area contributed by atoms with Crippen LogP contribution in [0.3, 0.4) is 0 Å². The molecule has 0 radical (unpaired) electrons. The van der Waals surface area contributed by atoms with Crippen molar-refractivity contribution in [2.24, 2.45) is 0 Å². The van der Waals surface area contributed by atoms with Crippen LogP contribution in [0.1, 0.15) is 17.4 Å². The quantitative estimate of drug-likeness (QED) is 0.710. The number of ether oxygens (including phenoxy) is 2. The summed E-state index contributed by atoms with van der Waals surface area (Å²) < 4.78 is 10.4. The lowest BCUT2D eigenvalue weighted by Crippen LogP contribution is -2.21. The number of H-pyrrole nitrogens is 1. The minimum atomic E-state index is -0.678. The van der Waals surface area contributed by atoms with Gasteiger partial charge < -0.3 is 19.9 Å². The first-order chi connectivity index (χ1) is 9.74. The molecule has 2 rings (SSSR count). The van der Waals surface area contributed by atoms with E-state index in [2.05, 4.69) is 15.5 Å². The molecule has 0 spiro atoms. The lowest BCUT2D eigenvalue weighted by molar-refractivity contribution is 0.169. The van der Waals surface area contributed by atoms with Crippen LogP contribution in [0.15, 0.2) is 30.5 Å². The van der Waals surface area contributed by atoms with Crippen LogP contribution in [-0.2, 0) is 6.54 Å². The van der Waals surface area contributed by atoms with Gasteiger partial charge in [0.1, 0.15) is 11.5 Å². The molecule has 1 atom stereocenters. The second kappa shape index (κ2) is 6.93. The fourth-order valence-electron chi connectivity index (χ4n) is 1.94. The summed E-state index contributed by atoms with van der Waals surface area (Å²) in [6.45, 7) is 1.02. The summed E-state index contributed by atoms with van der Waals surface area (Å²) in [5.74, 6) is 1.33. The minimum absolute atomic E-state index is 0.405. The zero-order chi connectivity index (χ0) is 14.4. The Labute approximate surface area is 117 Å². The van der Waals surface area contributed by atoms with Gasteiger partial charge in [-0.1, -0.05) is 0 Å². The van der Waals surface area contributed by atoms with E-state index in [1.54, 1.807) is 38.6 Å². The summed E-state index contributed by atoms with van der Waals surface area (Å²) in [7, 11) is 3.17. The van der Waals surface area contributed by atoms with Crippen LogP contribution in [0.5, 0.6) is 11.5 Å². The molecule has 3 N–H and O–H groups in total. The van der Waals surface area contributed by atoms with E-state index in [4.69, 9.17) is 9.47 Å². The number of hydrogen-bond acceptors (Lipinski definition) is 5. The topological polar surface area (TPSA) is 79.4 Å². The fourth-order valence-corrected chi connectivity index (χ4v) is 1.94. The van der Waals surface area contributed by atoms with Crippen LogP contribution in [-0.4, -0.2) is 36.1 Å². The van der Waals surface area contributed by atoms with Crippen molar-refractivity contribution >= 4 is 0 Å². The van der Waals surface area contributed by atoms with Gasteiger partial charge in [0, 0.05) is 30.5 Å². The van der Waals surface area contributed by atoms with E-state index in [1.165, 1.54) is 0 Å². The molecule has 1 aromatic heterocycles. The van der Waals surface area contributed by atoms with Gasteiger partial charge >= 0.3 is 0 Å². The molecule has 0 aliphatic rings. The van der Waals surface area contributed by atoms with Crippen molar-refractivity contribution in [3.05, 3.63) is 41.7 Å². The summed E-state index contributed by atoms with van der Waals surface area (Å²) in [6.07, 6.45) is 1.02. The first-order valence-electron chi connectivity index (χ1n) is 6.33. The number of hydrogen-bond donors (Lipinski definition) is 3. The Balaban J connectivity index is 1.98. The highest BCUT2D eigenvalue weighted by atomic mass is 16.5. The molecule has 1 heterocycles. The van der Waals surface area contributed by atoms with Crippen molar-refractivity contribution in [2.75, 3.05) is 20.8 Å². The largest absolute Gasteiger partial charge is 0.497 e. The van der Waals surface area contributed by atoms with E-state index in [-0.39, 0.29) is 0 Å². The Morgan fingerprint density at radius 2 is 2.15 bits per heavy atom. The number of aliphatic hydroxyl groups excluding tert-OH is 1. The average Bonchev–Trinajstić information content (AvgIpc) is 2.99. The molecule has 0 saturated heterocycles. The maximum Gasteiger partial charge on any atom is 0.124 e. The first-order valence-corrected chi connectivity index (χ1v) is 6.33. The summed E-state index contributed by atoms with van der Waals surface area (Å²) in [5, 5.41) is 20.1. The molecule has 6 nitrogen and oxygen atoms in total. The molecule has 20 heavy (non-hydrogen) atoms. The summed E-state index contributed by atoms with van der Waals surface area (Å²) >= 11 is 0. The van der Waals surface area contributed by atoms with Gasteiger partial charge in [-0.05, 0) is 24.3 Å². The average molecular weight is 277 g/mol. The molecule has 1 unspecified atom stereocenters. The van der Waals surface area contributed by atoms with Gasteiger partial charge in [0.05, 0.1) is 20.3 Å². The van der Waals surface area contributed by atoms with E-state index in [0.29, 0.717) is 30.2 Å². The monoisotopic (exact) mass is 277 g/mol. The third-order valence-corrected chi connectivity index (χ3v) is 3.01. The lowest BCUT2D eigenvalue weighted by Gasteiger charge is -2.16. The van der Waals surface area contributed by atoms with Gasteiger partial charge in [0.25, 0.3) is 0 Å². The Morgan fingerprint density at radius 1 is 1.30 bits per heavy atom. The highest BCUT2D eigenvalue weighted by Crippen LogP contribution is 2.29. The van der Waals surface area contributed by atoms with Crippen LogP contribution >= 0.6 is 0 Å². The normalized spacial score (nSPS) is 12.2. The van der Waals surface area contributed by atoms with E-state index in [0.717, 1.165) is 5.69 Å². The number of rotatable bonds is 7. The molecule has 2 aromatic rings. The van der Waals surface area contributed by atoms with Gasteiger partial charge in [-0.25, -0.2) is 0 Å². The van der Waals surface area contributed by atoms with Crippen LogP contribution in [0.2, 0.25) is 0 Å². The van der Waals surface area contributed by atoms with Gasteiger partial charge in [-0.3, -0.25) is 5.10 Å². The SMILES string of the molecule is COc1ccc(OC)c(C(O)CNCc2ccn[nH]2)c1. The highest BCUT2D eigenvalue weighted by Gasteiger charge is 2.14. The molecule has 0 aliphatic heterocycles. The maximum atomic E-state index is 10.3. The first kappa shape index (κ1) is 14.4. The van der Waals surface area contributed by atoms with Crippen molar-refractivity contribution in [3.63, 3.8) is 0 Å². The highest BCUT2D eigenvalue weighted by molar-refractivity contribution is 5.41. The van der Waals surface area contributed by atoms with E-state index < -0.39 is 6.10 Å². The smallest absolute Gasteiger partial charge is 0.124 e. The predicted molar refractivity (Wildman–Crippen MR) is 74.8 cm³/mol.